The van der Waals surface area contributed by atoms with Gasteiger partial charge in [-0.15, -0.1) is 0 Å². The Bertz CT molecular complexity index is 2960. The lowest BCUT2D eigenvalue weighted by Crippen LogP contribution is -2.28. The Kier molecular flexibility index (Phi) is 6.20. The van der Waals surface area contributed by atoms with Crippen molar-refractivity contribution in [2.24, 2.45) is 0 Å². The van der Waals surface area contributed by atoms with E-state index in [1.807, 2.05) is 6.07 Å². The summed E-state index contributed by atoms with van der Waals surface area (Å²) >= 11 is 0. The third-order valence-corrected chi connectivity index (χ3v) is 11.1. The van der Waals surface area contributed by atoms with E-state index in [4.69, 9.17) is 9.40 Å². The van der Waals surface area contributed by atoms with Crippen LogP contribution in [0.1, 0.15) is 22.3 Å². The first-order chi connectivity index (χ1) is 25.8. The van der Waals surface area contributed by atoms with Crippen LogP contribution in [0.15, 0.2) is 192 Å². The number of nitrogens with zero attached hydrogens (tertiary/aromatic N) is 1. The fraction of sp³-hybridized carbons (Fsp3) is 0.0200. The molecule has 1 aliphatic rings. The summed E-state index contributed by atoms with van der Waals surface area (Å²) < 4.78 is 6.44. The van der Waals surface area contributed by atoms with Crippen molar-refractivity contribution >= 4 is 43.6 Å². The van der Waals surface area contributed by atoms with E-state index in [-0.39, 0.29) is 0 Å². The lowest BCUT2D eigenvalue weighted by Gasteiger charge is -2.34. The fourth-order valence-electron chi connectivity index (χ4n) is 8.99. The summed E-state index contributed by atoms with van der Waals surface area (Å²) in [6.07, 6.45) is 0. The largest absolute Gasteiger partial charge is 0.456 e. The Hall–Kier alpha value is -6.77. The summed E-state index contributed by atoms with van der Waals surface area (Å²) in [5.41, 5.74) is 14.2. The van der Waals surface area contributed by atoms with Crippen molar-refractivity contribution in [3.05, 3.63) is 210 Å². The van der Waals surface area contributed by atoms with Gasteiger partial charge in [0.2, 0.25) is 0 Å². The smallest absolute Gasteiger partial charge is 0.136 e. The van der Waals surface area contributed by atoms with E-state index in [0.717, 1.165) is 60.6 Å². The summed E-state index contributed by atoms with van der Waals surface area (Å²) in [6, 6.07) is 67.8. The second-order valence-electron chi connectivity index (χ2n) is 13.8. The van der Waals surface area contributed by atoms with Crippen LogP contribution in [0.3, 0.4) is 0 Å². The molecule has 8 aromatic carbocycles. The number of pyridine rings is 1. The van der Waals surface area contributed by atoms with Crippen LogP contribution in [-0.4, -0.2) is 4.98 Å². The van der Waals surface area contributed by atoms with Crippen LogP contribution in [0.2, 0.25) is 0 Å². The van der Waals surface area contributed by atoms with Gasteiger partial charge in [0.15, 0.2) is 0 Å². The first-order valence-corrected chi connectivity index (χ1v) is 17.9. The highest BCUT2D eigenvalue weighted by Gasteiger charge is 2.46. The Balaban J connectivity index is 1.25. The highest BCUT2D eigenvalue weighted by molar-refractivity contribution is 6.29. The van der Waals surface area contributed by atoms with Gasteiger partial charge in [-0.25, -0.2) is 4.98 Å². The van der Waals surface area contributed by atoms with Crippen molar-refractivity contribution in [1.82, 2.24) is 4.98 Å². The maximum absolute atomic E-state index is 6.44. The molecule has 2 nitrogen and oxygen atoms in total. The molecule has 0 spiro atoms. The van der Waals surface area contributed by atoms with E-state index in [1.54, 1.807) is 0 Å². The van der Waals surface area contributed by atoms with Crippen LogP contribution in [-0.2, 0) is 5.41 Å². The minimum atomic E-state index is -0.480. The number of fused-ring (bicyclic) bond motifs is 10. The molecule has 0 N–H and O–H groups in total. The third kappa shape index (κ3) is 3.98. The topological polar surface area (TPSA) is 26.0 Å². The molecule has 10 aromatic rings. The molecule has 0 aliphatic heterocycles. The van der Waals surface area contributed by atoms with Gasteiger partial charge in [0.05, 0.1) is 16.6 Å². The van der Waals surface area contributed by atoms with Crippen LogP contribution in [0, 0.1) is 0 Å². The molecule has 0 amide bonds. The molecule has 2 heterocycles. The average molecular weight is 662 g/mol. The Morgan fingerprint density at radius 3 is 1.81 bits per heavy atom. The molecule has 2 heteroatoms. The van der Waals surface area contributed by atoms with Gasteiger partial charge < -0.3 is 4.42 Å². The molecule has 0 bridgehead atoms. The zero-order valence-corrected chi connectivity index (χ0v) is 28.3. The van der Waals surface area contributed by atoms with Crippen molar-refractivity contribution in [2.75, 3.05) is 0 Å². The number of para-hydroxylation sites is 2. The van der Waals surface area contributed by atoms with E-state index in [2.05, 4.69) is 182 Å². The van der Waals surface area contributed by atoms with Gasteiger partial charge in [-0.2, -0.15) is 0 Å². The fourth-order valence-corrected chi connectivity index (χ4v) is 8.99. The van der Waals surface area contributed by atoms with Gasteiger partial charge in [0, 0.05) is 38.1 Å². The van der Waals surface area contributed by atoms with Crippen molar-refractivity contribution < 1.29 is 4.42 Å². The van der Waals surface area contributed by atoms with Gasteiger partial charge in [0.25, 0.3) is 0 Å². The standard InChI is InChI=1S/C50H31NO/c1-4-15-32(16-5-1)48-41-29-30-45-47(39-22-11-13-26-44(39)52-45)46(41)40-24-14-23-36(49(40)51-48)33-27-28-38-37-21-10-12-25-42(37)50(43(38)31-33,34-17-6-2-7-18-34)35-19-8-3-9-20-35/h1-31H. The number of benzene rings is 8. The second kappa shape index (κ2) is 11.1. The van der Waals surface area contributed by atoms with Crippen LogP contribution in [0.4, 0.5) is 0 Å². The van der Waals surface area contributed by atoms with Gasteiger partial charge in [0.1, 0.15) is 11.2 Å². The minimum absolute atomic E-state index is 0.480. The quantitative estimate of drug-likeness (QED) is 0.175. The average Bonchev–Trinajstić information content (AvgIpc) is 3.75. The predicted octanol–water partition coefficient (Wildman–Crippen LogP) is 13.0. The summed E-state index contributed by atoms with van der Waals surface area (Å²) in [5, 5.41) is 5.65. The third-order valence-electron chi connectivity index (χ3n) is 11.1. The molecule has 0 radical (unpaired) electrons. The molecular weight excluding hydrogens is 631 g/mol. The summed E-state index contributed by atoms with van der Waals surface area (Å²) in [7, 11) is 0. The highest BCUT2D eigenvalue weighted by Crippen LogP contribution is 2.57. The number of furan rings is 1. The van der Waals surface area contributed by atoms with Crippen LogP contribution < -0.4 is 0 Å². The molecule has 0 unspecified atom stereocenters. The van der Waals surface area contributed by atoms with Crippen molar-refractivity contribution in [2.45, 2.75) is 5.41 Å². The maximum atomic E-state index is 6.44. The molecule has 0 fully saturated rings. The van der Waals surface area contributed by atoms with Crippen molar-refractivity contribution in [1.29, 1.82) is 0 Å². The Labute approximate surface area is 301 Å². The van der Waals surface area contributed by atoms with E-state index < -0.39 is 5.41 Å². The molecule has 242 valence electrons. The predicted molar refractivity (Wildman–Crippen MR) is 215 cm³/mol. The molecule has 11 rings (SSSR count). The van der Waals surface area contributed by atoms with E-state index in [1.165, 1.54) is 38.8 Å². The lowest BCUT2D eigenvalue weighted by molar-refractivity contribution is 0.669. The number of aromatic nitrogens is 1. The van der Waals surface area contributed by atoms with Crippen LogP contribution in [0.5, 0.6) is 0 Å². The molecule has 0 atom stereocenters. The summed E-state index contributed by atoms with van der Waals surface area (Å²) in [5.74, 6) is 0. The normalized spacial score (nSPS) is 13.2. The first-order valence-electron chi connectivity index (χ1n) is 17.9. The first kappa shape index (κ1) is 29.0. The van der Waals surface area contributed by atoms with E-state index >= 15 is 0 Å². The zero-order chi connectivity index (χ0) is 34.2. The van der Waals surface area contributed by atoms with E-state index in [9.17, 15) is 0 Å². The minimum Gasteiger partial charge on any atom is -0.456 e. The molecule has 1 aliphatic carbocycles. The second-order valence-corrected chi connectivity index (χ2v) is 13.8. The SMILES string of the molecule is c1ccc(-c2nc3c(-c4ccc5c(c4)C(c4ccccc4)(c4ccccc4)c4ccccc4-5)cccc3c3c2ccc2oc4ccccc4c23)cc1. The zero-order valence-electron chi connectivity index (χ0n) is 28.3. The number of hydrogen-bond donors (Lipinski definition) is 0. The van der Waals surface area contributed by atoms with Crippen molar-refractivity contribution in [3.8, 4) is 33.5 Å². The Morgan fingerprint density at radius 2 is 1.02 bits per heavy atom. The van der Waals surface area contributed by atoms with Crippen molar-refractivity contribution in [3.63, 3.8) is 0 Å². The monoisotopic (exact) mass is 661 g/mol. The summed E-state index contributed by atoms with van der Waals surface area (Å²) in [6.45, 7) is 0. The molecule has 52 heavy (non-hydrogen) atoms. The number of rotatable bonds is 4. The Morgan fingerprint density at radius 1 is 0.385 bits per heavy atom. The lowest BCUT2D eigenvalue weighted by atomic mass is 9.67. The number of hydrogen-bond acceptors (Lipinski definition) is 2. The van der Waals surface area contributed by atoms with Gasteiger partial charge in [-0.05, 0) is 63.2 Å². The molecule has 0 saturated carbocycles. The molecule has 0 saturated heterocycles. The van der Waals surface area contributed by atoms with Gasteiger partial charge in [-0.3, -0.25) is 0 Å². The molecular formula is C50H31NO. The highest BCUT2D eigenvalue weighted by atomic mass is 16.3. The van der Waals surface area contributed by atoms with Gasteiger partial charge >= 0.3 is 0 Å². The van der Waals surface area contributed by atoms with Crippen LogP contribution >= 0.6 is 0 Å². The van der Waals surface area contributed by atoms with Gasteiger partial charge in [-0.1, -0.05) is 164 Å². The maximum Gasteiger partial charge on any atom is 0.136 e. The van der Waals surface area contributed by atoms with Crippen LogP contribution in [0.25, 0.3) is 77.1 Å². The summed E-state index contributed by atoms with van der Waals surface area (Å²) in [4.78, 5) is 5.58. The van der Waals surface area contributed by atoms with E-state index in [0.29, 0.717) is 0 Å². The molecule has 2 aromatic heterocycles.